The van der Waals surface area contributed by atoms with Crippen molar-refractivity contribution in [3.05, 3.63) is 51.0 Å². The van der Waals surface area contributed by atoms with Crippen LogP contribution >= 0.6 is 27.5 Å². The highest BCUT2D eigenvalue weighted by atomic mass is 79.9. The van der Waals surface area contributed by atoms with E-state index in [9.17, 15) is 4.79 Å². The summed E-state index contributed by atoms with van der Waals surface area (Å²) in [6.45, 7) is 10.0. The van der Waals surface area contributed by atoms with E-state index in [1.54, 1.807) is 38.1 Å². The minimum absolute atomic E-state index is 0.388. The standard InChI is InChI=1S/C22H26BrClN2O4/c1-6-28-19-12-15(11-17(23)20(19)29-7-2)13-25-26-21(27)22(4,5)30-16-8-9-18(24)14(3)10-16/h8-13H,6-7H2,1-5H3,(H,26,27). The molecule has 1 amide bonds. The Morgan fingerprint density at radius 1 is 1.20 bits per heavy atom. The van der Waals surface area contributed by atoms with Gasteiger partial charge in [-0.25, -0.2) is 5.43 Å². The van der Waals surface area contributed by atoms with Gasteiger partial charge in [0.25, 0.3) is 5.91 Å². The van der Waals surface area contributed by atoms with Gasteiger partial charge in [-0.15, -0.1) is 0 Å². The van der Waals surface area contributed by atoms with Gasteiger partial charge in [0, 0.05) is 5.02 Å². The molecular formula is C22H26BrClN2O4. The highest BCUT2D eigenvalue weighted by Gasteiger charge is 2.30. The number of benzene rings is 2. The predicted molar refractivity (Wildman–Crippen MR) is 123 cm³/mol. The molecule has 2 rings (SSSR count). The first-order valence-corrected chi connectivity index (χ1v) is 10.7. The van der Waals surface area contributed by atoms with Crippen LogP contribution in [-0.4, -0.2) is 30.9 Å². The molecule has 0 heterocycles. The molecule has 0 spiro atoms. The molecule has 0 aliphatic heterocycles. The molecule has 0 saturated carbocycles. The van der Waals surface area contributed by atoms with Gasteiger partial charge < -0.3 is 14.2 Å². The maximum absolute atomic E-state index is 12.6. The Kier molecular flexibility index (Phi) is 8.55. The van der Waals surface area contributed by atoms with E-state index in [-0.39, 0.29) is 5.91 Å². The second-order valence-electron chi connectivity index (χ2n) is 6.92. The van der Waals surface area contributed by atoms with Crippen LogP contribution in [0, 0.1) is 6.92 Å². The van der Waals surface area contributed by atoms with Crippen molar-refractivity contribution in [1.29, 1.82) is 0 Å². The zero-order valence-electron chi connectivity index (χ0n) is 17.7. The molecule has 1 N–H and O–H groups in total. The molecule has 0 unspecified atom stereocenters. The lowest BCUT2D eigenvalue weighted by Crippen LogP contribution is -2.44. The molecule has 0 bridgehead atoms. The van der Waals surface area contributed by atoms with Crippen LogP contribution in [-0.2, 0) is 4.79 Å². The molecule has 30 heavy (non-hydrogen) atoms. The summed E-state index contributed by atoms with van der Waals surface area (Å²) in [5.41, 5.74) is 3.00. The highest BCUT2D eigenvalue weighted by Crippen LogP contribution is 2.36. The lowest BCUT2D eigenvalue weighted by molar-refractivity contribution is -0.134. The maximum Gasteiger partial charge on any atom is 0.283 e. The van der Waals surface area contributed by atoms with Crippen LogP contribution in [0.25, 0.3) is 0 Å². The summed E-state index contributed by atoms with van der Waals surface area (Å²) in [7, 11) is 0. The van der Waals surface area contributed by atoms with Crippen molar-refractivity contribution in [1.82, 2.24) is 5.43 Å². The summed E-state index contributed by atoms with van der Waals surface area (Å²) in [6.07, 6.45) is 1.53. The third kappa shape index (κ3) is 6.37. The van der Waals surface area contributed by atoms with Gasteiger partial charge in [-0.3, -0.25) is 4.79 Å². The number of halogens is 2. The van der Waals surface area contributed by atoms with Gasteiger partial charge in [0.05, 0.1) is 23.9 Å². The van der Waals surface area contributed by atoms with E-state index in [1.807, 2.05) is 26.8 Å². The van der Waals surface area contributed by atoms with Gasteiger partial charge in [-0.05, 0) is 92.0 Å². The average molecular weight is 498 g/mol. The summed E-state index contributed by atoms with van der Waals surface area (Å²) in [6, 6.07) is 8.88. The smallest absolute Gasteiger partial charge is 0.283 e. The number of hydrogen-bond acceptors (Lipinski definition) is 5. The molecule has 0 radical (unpaired) electrons. The number of amides is 1. The first kappa shape index (κ1) is 24.0. The van der Waals surface area contributed by atoms with Gasteiger partial charge >= 0.3 is 0 Å². The van der Waals surface area contributed by atoms with Crippen LogP contribution in [0.15, 0.2) is 39.9 Å². The first-order chi connectivity index (χ1) is 14.2. The third-order valence-corrected chi connectivity index (χ3v) is 5.06. The quantitative estimate of drug-likeness (QED) is 0.366. The van der Waals surface area contributed by atoms with E-state index in [0.717, 1.165) is 15.6 Å². The molecule has 0 saturated heterocycles. The first-order valence-electron chi connectivity index (χ1n) is 9.55. The van der Waals surface area contributed by atoms with Crippen LogP contribution < -0.4 is 19.6 Å². The molecule has 162 valence electrons. The van der Waals surface area contributed by atoms with Crippen LogP contribution in [0.3, 0.4) is 0 Å². The minimum atomic E-state index is -1.13. The molecule has 0 atom stereocenters. The van der Waals surface area contributed by atoms with Crippen LogP contribution in [0.1, 0.15) is 38.8 Å². The molecule has 0 aromatic heterocycles. The number of carbonyl (C=O) groups excluding carboxylic acids is 1. The zero-order chi connectivity index (χ0) is 22.3. The Labute approximate surface area is 190 Å². The van der Waals surface area contributed by atoms with E-state index in [4.69, 9.17) is 25.8 Å². The number of carbonyl (C=O) groups is 1. The van der Waals surface area contributed by atoms with Crippen molar-refractivity contribution < 1.29 is 19.0 Å². The van der Waals surface area contributed by atoms with Gasteiger partial charge in [0.15, 0.2) is 17.1 Å². The Balaban J connectivity index is 2.09. The molecule has 8 heteroatoms. The maximum atomic E-state index is 12.6. The van der Waals surface area contributed by atoms with E-state index < -0.39 is 5.60 Å². The summed E-state index contributed by atoms with van der Waals surface area (Å²) in [5.74, 6) is 1.40. The van der Waals surface area contributed by atoms with E-state index in [1.165, 1.54) is 6.21 Å². The fraction of sp³-hybridized carbons (Fsp3) is 0.364. The minimum Gasteiger partial charge on any atom is -0.490 e. The molecule has 2 aromatic rings. The molecule has 0 aliphatic rings. The fourth-order valence-corrected chi connectivity index (χ4v) is 3.22. The van der Waals surface area contributed by atoms with Gasteiger partial charge in [-0.2, -0.15) is 5.10 Å². The number of ether oxygens (including phenoxy) is 3. The molecule has 0 fully saturated rings. The summed E-state index contributed by atoms with van der Waals surface area (Å²) in [5, 5.41) is 4.70. The molecule has 6 nitrogen and oxygen atoms in total. The fourth-order valence-electron chi connectivity index (χ4n) is 2.53. The Hall–Kier alpha value is -2.25. The van der Waals surface area contributed by atoms with Crippen molar-refractivity contribution in [2.45, 2.75) is 40.2 Å². The second-order valence-corrected chi connectivity index (χ2v) is 8.18. The third-order valence-electron chi connectivity index (χ3n) is 4.05. The summed E-state index contributed by atoms with van der Waals surface area (Å²) < 4.78 is 17.8. The largest absolute Gasteiger partial charge is 0.490 e. The van der Waals surface area contributed by atoms with E-state index >= 15 is 0 Å². The highest BCUT2D eigenvalue weighted by molar-refractivity contribution is 9.10. The van der Waals surface area contributed by atoms with Crippen LogP contribution in [0.4, 0.5) is 0 Å². The number of aryl methyl sites for hydroxylation is 1. The monoisotopic (exact) mass is 496 g/mol. The predicted octanol–water partition coefficient (Wildman–Crippen LogP) is 5.52. The van der Waals surface area contributed by atoms with Gasteiger partial charge in [-0.1, -0.05) is 11.6 Å². The van der Waals surface area contributed by atoms with Crippen molar-refractivity contribution in [2.75, 3.05) is 13.2 Å². The van der Waals surface area contributed by atoms with Crippen molar-refractivity contribution >= 4 is 39.7 Å². The Morgan fingerprint density at radius 3 is 2.53 bits per heavy atom. The van der Waals surface area contributed by atoms with Crippen molar-refractivity contribution in [2.24, 2.45) is 5.10 Å². The van der Waals surface area contributed by atoms with Crippen molar-refractivity contribution in [3.63, 3.8) is 0 Å². The molecule has 0 aliphatic carbocycles. The Morgan fingerprint density at radius 2 is 1.90 bits per heavy atom. The number of nitrogens with one attached hydrogen (secondary N) is 1. The lowest BCUT2D eigenvalue weighted by atomic mass is 10.1. The summed E-state index contributed by atoms with van der Waals surface area (Å²) >= 11 is 9.52. The number of nitrogens with zero attached hydrogens (tertiary/aromatic N) is 1. The van der Waals surface area contributed by atoms with E-state index in [0.29, 0.717) is 35.5 Å². The van der Waals surface area contributed by atoms with Crippen molar-refractivity contribution in [3.8, 4) is 17.2 Å². The second kappa shape index (κ2) is 10.7. The van der Waals surface area contributed by atoms with Gasteiger partial charge in [0.2, 0.25) is 0 Å². The topological polar surface area (TPSA) is 69.2 Å². The summed E-state index contributed by atoms with van der Waals surface area (Å²) in [4.78, 5) is 12.6. The Bertz CT molecular complexity index is 932. The number of hydrazone groups is 1. The van der Waals surface area contributed by atoms with Crippen LogP contribution in [0.5, 0.6) is 17.2 Å². The lowest BCUT2D eigenvalue weighted by Gasteiger charge is -2.24. The number of rotatable bonds is 9. The van der Waals surface area contributed by atoms with E-state index in [2.05, 4.69) is 26.5 Å². The van der Waals surface area contributed by atoms with Crippen LogP contribution in [0.2, 0.25) is 5.02 Å². The van der Waals surface area contributed by atoms with Gasteiger partial charge in [0.1, 0.15) is 5.75 Å². The zero-order valence-corrected chi connectivity index (χ0v) is 20.1. The SMILES string of the molecule is CCOc1cc(C=NNC(=O)C(C)(C)Oc2ccc(Cl)c(C)c2)cc(Br)c1OCC. The molecule has 2 aromatic carbocycles. The normalized spacial score (nSPS) is 11.4. The molecular weight excluding hydrogens is 472 g/mol. The number of hydrogen-bond donors (Lipinski definition) is 1. The average Bonchev–Trinajstić information content (AvgIpc) is 2.67.